The molecule has 0 spiro atoms. The molecule has 94 heavy (non-hydrogen) atoms. The largest absolute Gasteiger partial charge is 0.394 e. The lowest BCUT2D eigenvalue weighted by atomic mass is 9.44. The SMILES string of the molecule is C[C@H](CC[C@@]1(O)O[C@@H]2C[C@H]3[C@@H]4CC[C@@H]5C[C@@H](O[C@H]6O[C@@H](CO)[C@H](O[C@H]7O[C@@H](CO)[C@H](O)[C@@H](O[C@H]8OC[C@H](O)[C@@H](O)[C@@H]8O)[C@@H]7O[C@H]7O[C@@H](CO)[C@H](O)[C@@H](O[C@H]8OC[C@H](O)[C@@H](O)[C@@H]8O)[C@@H]7O)[C@@H](O)[C@@H]6O)CC[C@]5(C)[C@@H]4CC(=O)[C@@]3(C)[C@@H]2[C@H]1C)CO[C@H]1O[C@@H](CO)[C@H](O)[C@@H](O)[C@@H]1O. The summed E-state index contributed by atoms with van der Waals surface area (Å²) in [5.74, 6) is -1.95. The van der Waals surface area contributed by atoms with Gasteiger partial charge < -0.3 is 159 Å². The number of aliphatic hydroxyl groups excluding tert-OH is 18. The summed E-state index contributed by atoms with van der Waals surface area (Å²) >= 11 is 0. The van der Waals surface area contributed by atoms with Crippen LogP contribution < -0.4 is 0 Å². The molecule has 40 atom stereocenters. The molecule has 19 N–H and O–H groups in total. The number of carbonyl (C=O) groups excluding carboxylic acids is 1. The molecule has 0 aromatic carbocycles. The number of hydrogen-bond donors (Lipinski definition) is 19. The van der Waals surface area contributed by atoms with Crippen molar-refractivity contribution in [1.82, 2.24) is 0 Å². The Bertz CT molecular complexity index is 2490. The zero-order valence-corrected chi connectivity index (χ0v) is 52.9. The lowest BCUT2D eigenvalue weighted by Gasteiger charge is -2.60. The second-order valence-corrected chi connectivity index (χ2v) is 28.9. The molecule has 33 heteroatoms. The number of ether oxygens (including phenoxy) is 13. The Morgan fingerprint density at radius 1 is 0.521 bits per heavy atom. The zero-order valence-electron chi connectivity index (χ0n) is 52.9. The fraction of sp³-hybridized carbons (Fsp3) is 0.984. The van der Waals surface area contributed by atoms with E-state index in [0.29, 0.717) is 38.5 Å². The van der Waals surface area contributed by atoms with Crippen LogP contribution in [0.3, 0.4) is 0 Å². The molecule has 33 nitrogen and oxygen atoms in total. The molecule has 7 heterocycles. The van der Waals surface area contributed by atoms with Crippen LogP contribution >= 0.6 is 0 Å². The number of Topliss-reactive ketones (excluding diaryl/α,β-unsaturated/α-hetero) is 1. The first-order valence-corrected chi connectivity index (χ1v) is 33.2. The van der Waals surface area contributed by atoms with Gasteiger partial charge in [0.05, 0.1) is 58.5 Å². The third-order valence-electron chi connectivity index (χ3n) is 23.4. The van der Waals surface area contributed by atoms with Crippen LogP contribution in [-0.4, -0.2) is 339 Å². The summed E-state index contributed by atoms with van der Waals surface area (Å²) in [7, 11) is 0. The minimum Gasteiger partial charge on any atom is -0.394 e. The van der Waals surface area contributed by atoms with Gasteiger partial charge in [0.1, 0.15) is 140 Å². The molecule has 0 aromatic heterocycles. The predicted octanol–water partition coefficient (Wildman–Crippen LogP) is -7.85. The lowest BCUT2D eigenvalue weighted by molar-refractivity contribution is -0.408. The summed E-state index contributed by atoms with van der Waals surface area (Å²) in [6, 6.07) is 0. The van der Waals surface area contributed by atoms with Crippen molar-refractivity contribution < 1.29 is 163 Å². The summed E-state index contributed by atoms with van der Waals surface area (Å²) in [6.45, 7) is 3.61. The Labute approximate surface area is 541 Å². The molecule has 0 aromatic rings. The van der Waals surface area contributed by atoms with Crippen LogP contribution in [0.2, 0.25) is 0 Å². The standard InChI is InChI=1S/C61H100O33/c1-21(18-82-53-46(78)42(74)39(71)31(14-62)86-53)7-10-61(81)22(2)36-30(94-61)12-27-25-6-5-23-11-24(8-9-59(23,3)26(25)13-35(68)60(27,36)4)85-56-47(79)43(75)49(34(17-65)89-56)90-58-52(51(41(73)33(16-64)88-58)92-55-45(77)38(70)29(67)20-84-55)93-57-48(80)50(40(72)32(15-63)87-57)91-54-44(76)37(69)28(66)19-83-54/h21-34,36-58,62-67,69-81H,5-20H2,1-4H3/t21-,22-,23-,24+,25-,26-,27+,28+,29+,30-,31+,32+,33+,34+,36-,37-,38-,39+,40+,41+,42-,43+,44+,45+,46+,47+,48+,49+,50-,51-,52+,53+,54-,55-,56+,57-,58-,59+,60+,61-/m1/s1. The highest BCUT2D eigenvalue weighted by atomic mass is 16.8. The van der Waals surface area contributed by atoms with Gasteiger partial charge in [0.15, 0.2) is 43.5 Å². The zero-order chi connectivity index (χ0) is 67.9. The fourth-order valence-electron chi connectivity index (χ4n) is 17.7. The highest BCUT2D eigenvalue weighted by Gasteiger charge is 2.71. The molecule has 7 aliphatic heterocycles. The second-order valence-electron chi connectivity index (χ2n) is 28.9. The van der Waals surface area contributed by atoms with Gasteiger partial charge in [-0.05, 0) is 80.0 Å². The number of aliphatic hydroxyl groups is 19. The Kier molecular flexibility index (Phi) is 23.0. The highest BCUT2D eigenvalue weighted by Crippen LogP contribution is 2.70. The van der Waals surface area contributed by atoms with Crippen molar-refractivity contribution in [3.05, 3.63) is 0 Å². The van der Waals surface area contributed by atoms with Crippen LogP contribution in [0.1, 0.15) is 85.5 Å². The van der Waals surface area contributed by atoms with Crippen molar-refractivity contribution in [3.63, 3.8) is 0 Å². The van der Waals surface area contributed by atoms with Crippen LogP contribution in [0, 0.1) is 52.3 Å². The fourth-order valence-corrected chi connectivity index (χ4v) is 17.7. The molecule has 4 aliphatic carbocycles. The van der Waals surface area contributed by atoms with Crippen LogP contribution in [0.25, 0.3) is 0 Å². The van der Waals surface area contributed by atoms with Crippen LogP contribution in [0.5, 0.6) is 0 Å². The Hall–Kier alpha value is -1.61. The van der Waals surface area contributed by atoms with E-state index in [9.17, 15) is 102 Å². The van der Waals surface area contributed by atoms with Gasteiger partial charge in [-0.1, -0.05) is 27.7 Å². The molecule has 0 bridgehead atoms. The smallest absolute Gasteiger partial charge is 0.187 e. The van der Waals surface area contributed by atoms with Gasteiger partial charge in [-0.3, -0.25) is 4.79 Å². The van der Waals surface area contributed by atoms with Crippen LogP contribution in [0.4, 0.5) is 0 Å². The second kappa shape index (κ2) is 29.4. The maximum absolute atomic E-state index is 14.9. The van der Waals surface area contributed by atoms with E-state index < -0.39 is 235 Å². The van der Waals surface area contributed by atoms with Gasteiger partial charge >= 0.3 is 0 Å². The molecule has 11 rings (SSSR count). The van der Waals surface area contributed by atoms with E-state index in [1.807, 2.05) is 20.8 Å². The molecule has 542 valence electrons. The van der Waals surface area contributed by atoms with E-state index in [4.69, 9.17) is 61.6 Å². The molecule has 0 unspecified atom stereocenters. The van der Waals surface area contributed by atoms with Crippen LogP contribution in [0.15, 0.2) is 0 Å². The topological polar surface area (TPSA) is 521 Å². The average Bonchev–Trinajstić information content (AvgIpc) is 1.48. The van der Waals surface area contributed by atoms with Gasteiger partial charge in [-0.25, -0.2) is 0 Å². The Morgan fingerprint density at radius 3 is 1.67 bits per heavy atom. The third-order valence-corrected chi connectivity index (χ3v) is 23.4. The van der Waals surface area contributed by atoms with E-state index in [0.717, 1.165) is 12.8 Å². The molecular formula is C61H100O33. The first-order chi connectivity index (χ1) is 44.5. The Morgan fingerprint density at radius 2 is 1.04 bits per heavy atom. The van der Waals surface area contributed by atoms with E-state index >= 15 is 0 Å². The predicted molar refractivity (Wildman–Crippen MR) is 305 cm³/mol. The monoisotopic (exact) mass is 1360 g/mol. The van der Waals surface area contributed by atoms with Crippen molar-refractivity contribution in [2.75, 3.05) is 46.2 Å². The maximum atomic E-state index is 14.9. The molecular weight excluding hydrogens is 1260 g/mol. The van der Waals surface area contributed by atoms with Gasteiger partial charge in [0.25, 0.3) is 0 Å². The first-order valence-electron chi connectivity index (χ1n) is 33.2. The normalized spacial score (nSPS) is 54.9. The Balaban J connectivity index is 0.738. The van der Waals surface area contributed by atoms with E-state index in [2.05, 4.69) is 6.92 Å². The van der Waals surface area contributed by atoms with E-state index in [1.54, 1.807) is 0 Å². The third kappa shape index (κ3) is 13.5. The van der Waals surface area contributed by atoms with Crippen molar-refractivity contribution in [1.29, 1.82) is 0 Å². The summed E-state index contributed by atoms with van der Waals surface area (Å²) in [6.07, 6.45) is -45.6. The van der Waals surface area contributed by atoms with Crippen molar-refractivity contribution in [3.8, 4) is 0 Å². The maximum Gasteiger partial charge on any atom is 0.187 e. The van der Waals surface area contributed by atoms with Crippen molar-refractivity contribution >= 4 is 5.78 Å². The minimum atomic E-state index is -2.15. The average molecular weight is 1360 g/mol. The minimum absolute atomic E-state index is 0.00384. The lowest BCUT2D eigenvalue weighted by Crippen LogP contribution is -2.69. The van der Waals surface area contributed by atoms with Crippen molar-refractivity contribution in [2.24, 2.45) is 52.3 Å². The number of fused-ring (bicyclic) bond motifs is 7. The molecule has 4 saturated carbocycles. The van der Waals surface area contributed by atoms with E-state index in [-0.39, 0.29) is 65.8 Å². The van der Waals surface area contributed by atoms with Gasteiger partial charge in [0.2, 0.25) is 0 Å². The number of rotatable bonds is 20. The summed E-state index contributed by atoms with van der Waals surface area (Å²) in [5.41, 5.74) is -1.06. The molecule has 7 saturated heterocycles. The quantitative estimate of drug-likeness (QED) is 0.0504. The van der Waals surface area contributed by atoms with Gasteiger partial charge in [-0.15, -0.1) is 0 Å². The number of hydrogen-bond acceptors (Lipinski definition) is 33. The molecule has 0 radical (unpaired) electrons. The summed E-state index contributed by atoms with van der Waals surface area (Å²) in [5, 5.41) is 206. The first kappa shape index (κ1) is 73.6. The van der Waals surface area contributed by atoms with Crippen molar-refractivity contribution in [2.45, 2.75) is 276 Å². The highest BCUT2D eigenvalue weighted by molar-refractivity contribution is 5.87. The van der Waals surface area contributed by atoms with Gasteiger partial charge in [-0.2, -0.15) is 0 Å². The van der Waals surface area contributed by atoms with Crippen LogP contribution in [-0.2, 0) is 66.4 Å². The summed E-state index contributed by atoms with van der Waals surface area (Å²) in [4.78, 5) is 14.9. The molecule has 11 fully saturated rings. The molecule has 11 aliphatic rings. The van der Waals surface area contributed by atoms with Gasteiger partial charge in [0, 0.05) is 30.1 Å². The summed E-state index contributed by atoms with van der Waals surface area (Å²) < 4.78 is 77.4. The number of ketones is 1. The number of carbonyl (C=O) groups is 1. The molecule has 0 amide bonds. The van der Waals surface area contributed by atoms with E-state index in [1.165, 1.54) is 0 Å².